The fourth-order valence-corrected chi connectivity index (χ4v) is 1.77. The third-order valence-electron chi connectivity index (χ3n) is 2.44. The lowest BCUT2D eigenvalue weighted by atomic mass is 10.3. The van der Waals surface area contributed by atoms with Gasteiger partial charge in [-0.05, 0) is 25.1 Å². The number of nitro groups is 1. The number of nitrogen functional groups attached to an aromatic ring is 1. The normalized spacial score (nSPS) is 10.3. The predicted octanol–water partition coefficient (Wildman–Crippen LogP) is 2.81. The average Bonchev–Trinajstić information content (AvgIpc) is 2.31. The molecule has 3 N–H and O–H groups in total. The Morgan fingerprint density at radius 1 is 1.45 bits per heavy atom. The van der Waals surface area contributed by atoms with Crippen molar-refractivity contribution in [2.75, 3.05) is 11.1 Å². The van der Waals surface area contributed by atoms with Gasteiger partial charge in [-0.2, -0.15) is 4.98 Å². The van der Waals surface area contributed by atoms with E-state index in [-0.39, 0.29) is 33.9 Å². The van der Waals surface area contributed by atoms with Crippen molar-refractivity contribution >= 4 is 34.7 Å². The van der Waals surface area contributed by atoms with Gasteiger partial charge >= 0.3 is 5.69 Å². The van der Waals surface area contributed by atoms with E-state index in [0.717, 1.165) is 6.07 Å². The Labute approximate surface area is 117 Å². The lowest BCUT2D eigenvalue weighted by Gasteiger charge is -2.09. The van der Waals surface area contributed by atoms with E-state index in [1.165, 1.54) is 19.1 Å². The second-order valence-electron chi connectivity index (χ2n) is 3.87. The van der Waals surface area contributed by atoms with Gasteiger partial charge in [0, 0.05) is 5.02 Å². The molecule has 0 saturated carbocycles. The van der Waals surface area contributed by atoms with Crippen molar-refractivity contribution in [1.29, 1.82) is 0 Å². The van der Waals surface area contributed by atoms with Crippen LogP contribution in [-0.2, 0) is 0 Å². The maximum absolute atomic E-state index is 13.7. The van der Waals surface area contributed by atoms with Crippen LogP contribution in [0, 0.1) is 22.9 Å². The highest BCUT2D eigenvalue weighted by Gasteiger charge is 2.22. The van der Waals surface area contributed by atoms with Gasteiger partial charge in [-0.1, -0.05) is 11.6 Å². The molecule has 104 valence electrons. The third-order valence-corrected chi connectivity index (χ3v) is 2.68. The maximum atomic E-state index is 13.7. The highest BCUT2D eigenvalue weighted by Crippen LogP contribution is 2.30. The smallest absolute Gasteiger partial charge is 0.332 e. The molecule has 0 unspecified atom stereocenters. The molecule has 0 spiro atoms. The van der Waals surface area contributed by atoms with Crippen LogP contribution in [-0.4, -0.2) is 14.9 Å². The van der Waals surface area contributed by atoms with Gasteiger partial charge in [-0.25, -0.2) is 9.37 Å². The molecule has 20 heavy (non-hydrogen) atoms. The van der Waals surface area contributed by atoms with E-state index in [1.807, 2.05) is 0 Å². The lowest BCUT2D eigenvalue weighted by Crippen LogP contribution is -2.07. The zero-order chi connectivity index (χ0) is 14.9. The van der Waals surface area contributed by atoms with Gasteiger partial charge in [0.15, 0.2) is 0 Å². The van der Waals surface area contributed by atoms with E-state index in [0.29, 0.717) is 0 Å². The highest BCUT2D eigenvalue weighted by atomic mass is 35.5. The summed E-state index contributed by atoms with van der Waals surface area (Å²) in [5, 5.41) is 13.7. The van der Waals surface area contributed by atoms with Crippen molar-refractivity contribution in [2.24, 2.45) is 0 Å². The quantitative estimate of drug-likeness (QED) is 0.666. The molecule has 1 aromatic heterocycles. The second kappa shape index (κ2) is 5.25. The number of nitrogens with two attached hydrogens (primary N) is 1. The summed E-state index contributed by atoms with van der Waals surface area (Å²) in [5.41, 5.74) is 5.16. The monoisotopic (exact) mass is 297 g/mol. The summed E-state index contributed by atoms with van der Waals surface area (Å²) in [4.78, 5) is 17.8. The van der Waals surface area contributed by atoms with Crippen LogP contribution in [0.1, 0.15) is 5.69 Å². The van der Waals surface area contributed by atoms with Gasteiger partial charge in [-0.15, -0.1) is 0 Å². The predicted molar refractivity (Wildman–Crippen MR) is 72.5 cm³/mol. The SMILES string of the molecule is Cc1nc(N)nc(Nc2ccc(Cl)cc2F)c1[N+](=O)[O-]. The molecule has 0 saturated heterocycles. The van der Waals surface area contributed by atoms with Crippen LogP contribution >= 0.6 is 11.6 Å². The van der Waals surface area contributed by atoms with Gasteiger partial charge < -0.3 is 11.1 Å². The van der Waals surface area contributed by atoms with Crippen LogP contribution in [0.15, 0.2) is 18.2 Å². The van der Waals surface area contributed by atoms with Crippen LogP contribution in [0.2, 0.25) is 5.02 Å². The number of aromatic nitrogens is 2. The first kappa shape index (κ1) is 13.9. The van der Waals surface area contributed by atoms with Gasteiger partial charge in [0.05, 0.1) is 10.6 Å². The molecule has 0 aliphatic rings. The number of halogens is 2. The van der Waals surface area contributed by atoms with Crippen molar-refractivity contribution in [3.63, 3.8) is 0 Å². The molecule has 0 radical (unpaired) electrons. The Morgan fingerprint density at radius 2 is 2.15 bits per heavy atom. The van der Waals surface area contributed by atoms with E-state index in [4.69, 9.17) is 17.3 Å². The lowest BCUT2D eigenvalue weighted by molar-refractivity contribution is -0.385. The third kappa shape index (κ3) is 2.75. The molecular weight excluding hydrogens is 289 g/mol. The Hall–Kier alpha value is -2.48. The maximum Gasteiger partial charge on any atom is 0.332 e. The molecule has 0 atom stereocenters. The number of hydrogen-bond acceptors (Lipinski definition) is 6. The van der Waals surface area contributed by atoms with Crippen LogP contribution in [0.3, 0.4) is 0 Å². The zero-order valence-electron chi connectivity index (χ0n) is 10.2. The first-order chi connectivity index (χ1) is 9.38. The van der Waals surface area contributed by atoms with Crippen LogP contribution in [0.25, 0.3) is 0 Å². The molecular formula is C11H9ClFN5O2. The topological polar surface area (TPSA) is 107 Å². The number of nitrogens with zero attached hydrogens (tertiary/aromatic N) is 3. The molecule has 2 aromatic rings. The van der Waals surface area contributed by atoms with E-state index < -0.39 is 10.7 Å². The second-order valence-corrected chi connectivity index (χ2v) is 4.31. The van der Waals surface area contributed by atoms with Crippen molar-refractivity contribution < 1.29 is 9.31 Å². The Balaban J connectivity index is 2.50. The van der Waals surface area contributed by atoms with Crippen molar-refractivity contribution in [2.45, 2.75) is 6.92 Å². The van der Waals surface area contributed by atoms with Gasteiger partial charge in [0.25, 0.3) is 0 Å². The Kier molecular flexibility index (Phi) is 3.66. The molecule has 0 aliphatic carbocycles. The van der Waals surface area contributed by atoms with E-state index in [2.05, 4.69) is 15.3 Å². The molecule has 0 fully saturated rings. The van der Waals surface area contributed by atoms with Crippen LogP contribution < -0.4 is 11.1 Å². The molecule has 1 heterocycles. The molecule has 1 aromatic carbocycles. The van der Waals surface area contributed by atoms with Crippen molar-refractivity contribution in [3.8, 4) is 0 Å². The van der Waals surface area contributed by atoms with Crippen LogP contribution in [0.5, 0.6) is 0 Å². The first-order valence-corrected chi connectivity index (χ1v) is 5.77. The standard InChI is InChI=1S/C11H9ClFN5O2/c1-5-9(18(19)20)10(17-11(14)15-5)16-8-3-2-6(12)4-7(8)13/h2-4H,1H3,(H3,14,15,16,17). The van der Waals surface area contributed by atoms with Crippen molar-refractivity contribution in [1.82, 2.24) is 9.97 Å². The number of benzene rings is 1. The summed E-state index contributed by atoms with van der Waals surface area (Å²) >= 11 is 5.63. The van der Waals surface area contributed by atoms with E-state index in [1.54, 1.807) is 0 Å². The summed E-state index contributed by atoms with van der Waals surface area (Å²) < 4.78 is 13.7. The molecule has 0 bridgehead atoms. The minimum atomic E-state index is -0.665. The minimum absolute atomic E-state index is 0.00463. The number of rotatable bonds is 3. The fraction of sp³-hybridized carbons (Fsp3) is 0.0909. The molecule has 0 aliphatic heterocycles. The van der Waals surface area contributed by atoms with Gasteiger partial charge in [-0.3, -0.25) is 10.1 Å². The summed E-state index contributed by atoms with van der Waals surface area (Å²) in [5.74, 6) is -0.993. The summed E-state index contributed by atoms with van der Waals surface area (Å²) in [7, 11) is 0. The molecule has 7 nitrogen and oxygen atoms in total. The fourth-order valence-electron chi connectivity index (χ4n) is 1.61. The molecule has 9 heteroatoms. The number of nitrogens with one attached hydrogen (secondary N) is 1. The molecule has 2 rings (SSSR count). The number of anilines is 3. The van der Waals surface area contributed by atoms with E-state index in [9.17, 15) is 14.5 Å². The Morgan fingerprint density at radius 3 is 2.75 bits per heavy atom. The summed E-state index contributed by atoms with van der Waals surface area (Å²) in [6, 6.07) is 3.86. The van der Waals surface area contributed by atoms with E-state index >= 15 is 0 Å². The number of aryl methyl sites for hydroxylation is 1. The Bertz CT molecular complexity index is 695. The first-order valence-electron chi connectivity index (χ1n) is 5.39. The zero-order valence-corrected chi connectivity index (χ0v) is 11.0. The van der Waals surface area contributed by atoms with Crippen LogP contribution in [0.4, 0.5) is 27.5 Å². The highest BCUT2D eigenvalue weighted by molar-refractivity contribution is 6.30. The van der Waals surface area contributed by atoms with Gasteiger partial charge in [0.1, 0.15) is 11.5 Å². The largest absolute Gasteiger partial charge is 0.368 e. The molecule has 0 amide bonds. The average molecular weight is 298 g/mol. The minimum Gasteiger partial charge on any atom is -0.368 e. The van der Waals surface area contributed by atoms with Gasteiger partial charge in [0.2, 0.25) is 11.8 Å². The number of hydrogen-bond donors (Lipinski definition) is 2. The summed E-state index contributed by atoms with van der Waals surface area (Å²) in [6.45, 7) is 1.42. The summed E-state index contributed by atoms with van der Waals surface area (Å²) in [6.07, 6.45) is 0. The van der Waals surface area contributed by atoms with Crippen molar-refractivity contribution in [3.05, 3.63) is 44.8 Å².